The molecule has 3 aromatic carbocycles. The third-order valence-corrected chi connectivity index (χ3v) is 7.88. The van der Waals surface area contributed by atoms with Gasteiger partial charge in [0.2, 0.25) is 0 Å². The Hall–Kier alpha value is -4.17. The zero-order valence-electron chi connectivity index (χ0n) is 21.2. The molecule has 1 aromatic heterocycles. The van der Waals surface area contributed by atoms with Crippen LogP contribution in [-0.2, 0) is 16.0 Å². The van der Waals surface area contributed by atoms with Gasteiger partial charge < -0.3 is 14.6 Å². The molecule has 1 N–H and O–H groups in total. The number of nitrogens with zero attached hydrogens (tertiary/aromatic N) is 2. The van der Waals surface area contributed by atoms with Crippen LogP contribution >= 0.6 is 11.3 Å². The van der Waals surface area contributed by atoms with Crippen molar-refractivity contribution in [2.45, 2.75) is 39.3 Å². The van der Waals surface area contributed by atoms with Gasteiger partial charge in [-0.25, -0.2) is 4.98 Å². The topological polar surface area (TPSA) is 89.0 Å². The lowest BCUT2D eigenvalue weighted by Crippen LogP contribution is -2.29. The summed E-state index contributed by atoms with van der Waals surface area (Å²) in [5.41, 5.74) is 3.94. The Bertz CT molecular complexity index is 1620. The van der Waals surface area contributed by atoms with Crippen LogP contribution in [0.25, 0.3) is 16.0 Å². The predicted octanol–water partition coefficient (Wildman–Crippen LogP) is 5.95. The van der Waals surface area contributed by atoms with Gasteiger partial charge in [-0.05, 0) is 79.9 Å². The molecule has 6 rings (SSSR count). The number of hydrogen-bond acceptors (Lipinski definition) is 7. The number of rotatable bonds is 5. The van der Waals surface area contributed by atoms with E-state index < -0.39 is 17.7 Å². The highest BCUT2D eigenvalue weighted by molar-refractivity contribution is 7.22. The number of anilines is 1. The molecule has 1 amide bonds. The van der Waals surface area contributed by atoms with Crippen LogP contribution in [0.5, 0.6) is 11.5 Å². The molecule has 0 saturated carbocycles. The fourth-order valence-electron chi connectivity index (χ4n) is 5.11. The van der Waals surface area contributed by atoms with Crippen molar-refractivity contribution in [1.29, 1.82) is 0 Å². The van der Waals surface area contributed by atoms with E-state index >= 15 is 0 Å². The number of aliphatic hydroxyl groups excluding tert-OH is 1. The van der Waals surface area contributed by atoms with Gasteiger partial charge in [-0.3, -0.25) is 14.5 Å². The second kappa shape index (κ2) is 9.29. The molecular weight excluding hydrogens is 500 g/mol. The maximum absolute atomic E-state index is 13.5. The molecule has 3 heterocycles. The second-order valence-electron chi connectivity index (χ2n) is 9.59. The molecule has 1 saturated heterocycles. The third-order valence-electron chi connectivity index (χ3n) is 6.86. The highest BCUT2D eigenvalue weighted by Gasteiger charge is 2.48. The molecule has 0 aliphatic carbocycles. The molecule has 192 valence electrons. The Morgan fingerprint density at radius 3 is 2.68 bits per heavy atom. The lowest BCUT2D eigenvalue weighted by atomic mass is 9.94. The summed E-state index contributed by atoms with van der Waals surface area (Å²) in [4.78, 5) is 33.2. The van der Waals surface area contributed by atoms with Gasteiger partial charge in [0, 0.05) is 12.0 Å². The number of fused-ring (bicyclic) bond motifs is 2. The van der Waals surface area contributed by atoms with E-state index in [4.69, 9.17) is 14.5 Å². The Morgan fingerprint density at radius 2 is 1.92 bits per heavy atom. The molecular formula is C30H26N2O5S. The average molecular weight is 527 g/mol. The highest BCUT2D eigenvalue weighted by atomic mass is 32.1. The van der Waals surface area contributed by atoms with Crippen LogP contribution in [0.2, 0.25) is 0 Å². The maximum atomic E-state index is 13.5. The second-order valence-corrected chi connectivity index (χ2v) is 10.6. The van der Waals surface area contributed by atoms with Crippen LogP contribution in [0.15, 0.2) is 66.2 Å². The van der Waals surface area contributed by atoms with Gasteiger partial charge in [0.1, 0.15) is 23.4 Å². The Morgan fingerprint density at radius 1 is 1.13 bits per heavy atom. The first-order valence-electron chi connectivity index (χ1n) is 12.5. The first-order chi connectivity index (χ1) is 18.3. The lowest BCUT2D eigenvalue weighted by molar-refractivity contribution is -0.132. The Balaban J connectivity index is 1.51. The average Bonchev–Trinajstić information content (AvgIpc) is 3.56. The fourth-order valence-corrected chi connectivity index (χ4v) is 6.20. The number of aryl methyl sites for hydroxylation is 1. The van der Waals surface area contributed by atoms with E-state index in [1.54, 1.807) is 24.3 Å². The first-order valence-corrected chi connectivity index (χ1v) is 13.4. The summed E-state index contributed by atoms with van der Waals surface area (Å²) >= 11 is 1.35. The van der Waals surface area contributed by atoms with Crippen molar-refractivity contribution in [2.75, 3.05) is 11.5 Å². The van der Waals surface area contributed by atoms with E-state index in [-0.39, 0.29) is 17.4 Å². The van der Waals surface area contributed by atoms with Gasteiger partial charge in [0.15, 0.2) is 5.13 Å². The number of ketones is 1. The third kappa shape index (κ3) is 4.01. The summed E-state index contributed by atoms with van der Waals surface area (Å²) in [6.45, 7) is 6.40. The minimum absolute atomic E-state index is 0.0292. The van der Waals surface area contributed by atoms with E-state index in [0.717, 1.165) is 27.1 Å². The van der Waals surface area contributed by atoms with Crippen molar-refractivity contribution in [3.8, 4) is 11.5 Å². The highest BCUT2D eigenvalue weighted by Crippen LogP contribution is 2.45. The smallest absolute Gasteiger partial charge is 0.301 e. The Labute approximate surface area is 224 Å². The van der Waals surface area contributed by atoms with Crippen LogP contribution in [0.4, 0.5) is 5.13 Å². The van der Waals surface area contributed by atoms with Crippen molar-refractivity contribution < 1.29 is 24.2 Å². The van der Waals surface area contributed by atoms with Gasteiger partial charge in [0.05, 0.1) is 28.4 Å². The van der Waals surface area contributed by atoms with Crippen molar-refractivity contribution in [3.63, 3.8) is 0 Å². The van der Waals surface area contributed by atoms with E-state index in [0.29, 0.717) is 35.0 Å². The minimum atomic E-state index is -0.851. The lowest BCUT2D eigenvalue weighted by Gasteiger charge is -2.23. The van der Waals surface area contributed by atoms with Crippen molar-refractivity contribution in [1.82, 2.24) is 4.98 Å². The summed E-state index contributed by atoms with van der Waals surface area (Å²) in [6.07, 6.45) is 0.748. The predicted molar refractivity (Wildman–Crippen MR) is 147 cm³/mol. The van der Waals surface area contributed by atoms with Gasteiger partial charge in [0.25, 0.3) is 5.78 Å². The molecule has 2 aliphatic rings. The molecule has 38 heavy (non-hydrogen) atoms. The van der Waals surface area contributed by atoms with E-state index in [9.17, 15) is 14.7 Å². The van der Waals surface area contributed by atoms with Crippen LogP contribution in [0, 0.1) is 6.92 Å². The molecule has 2 atom stereocenters. The largest absolute Gasteiger partial charge is 0.507 e. The number of benzene rings is 3. The number of aliphatic hydroxyl groups is 1. The maximum Gasteiger partial charge on any atom is 0.301 e. The van der Waals surface area contributed by atoms with Gasteiger partial charge in [-0.15, -0.1) is 0 Å². The standard InChI is InChI=1S/C30H26N2O5S/c1-4-36-21-9-6-18(7-10-21)26-25(27(33)19-8-12-23-20(15-19)14-17(3)37-23)28(34)29(35)32(26)30-31-22-11-5-16(2)13-24(22)38-30/h5-13,15,17,26,33H,4,14H2,1-3H3/t17-,26-/m1/s1. The van der Waals surface area contributed by atoms with Crippen LogP contribution in [0.1, 0.15) is 42.1 Å². The summed E-state index contributed by atoms with van der Waals surface area (Å²) in [5, 5.41) is 11.9. The Kier molecular flexibility index (Phi) is 5.91. The summed E-state index contributed by atoms with van der Waals surface area (Å²) in [7, 11) is 0. The number of amides is 1. The normalized spacial score (nSPS) is 20.1. The molecule has 7 nitrogen and oxygen atoms in total. The van der Waals surface area contributed by atoms with E-state index in [2.05, 4.69) is 0 Å². The molecule has 2 aliphatic heterocycles. The van der Waals surface area contributed by atoms with Crippen LogP contribution < -0.4 is 14.4 Å². The number of Topliss-reactive ketones (excluding diaryl/α,β-unsaturated/α-hetero) is 1. The van der Waals surface area contributed by atoms with Crippen molar-refractivity contribution in [2.24, 2.45) is 0 Å². The first kappa shape index (κ1) is 24.2. The molecule has 0 bridgehead atoms. The minimum Gasteiger partial charge on any atom is -0.507 e. The summed E-state index contributed by atoms with van der Waals surface area (Å²) in [6, 6.07) is 17.6. The molecule has 0 radical (unpaired) electrons. The van der Waals surface area contributed by atoms with Crippen molar-refractivity contribution in [3.05, 3.63) is 88.5 Å². The quantitative estimate of drug-likeness (QED) is 0.196. The van der Waals surface area contributed by atoms with Gasteiger partial charge in [-0.1, -0.05) is 29.5 Å². The summed E-state index contributed by atoms with van der Waals surface area (Å²) in [5.74, 6) is -0.246. The fraction of sp³-hybridized carbons (Fsp3) is 0.233. The van der Waals surface area contributed by atoms with E-state index in [1.807, 2.05) is 57.2 Å². The van der Waals surface area contributed by atoms with Gasteiger partial charge >= 0.3 is 5.91 Å². The zero-order chi connectivity index (χ0) is 26.6. The number of ether oxygens (including phenoxy) is 2. The SMILES string of the molecule is CCOc1ccc([C@@H]2C(=C(O)c3ccc4c(c3)C[C@@H](C)O4)C(=O)C(=O)N2c2nc3ccc(C)cc3s2)cc1. The molecule has 0 unspecified atom stereocenters. The number of aromatic nitrogens is 1. The monoisotopic (exact) mass is 526 g/mol. The van der Waals surface area contributed by atoms with Gasteiger partial charge in [-0.2, -0.15) is 0 Å². The molecule has 0 spiro atoms. The molecule has 4 aromatic rings. The zero-order valence-corrected chi connectivity index (χ0v) is 22.0. The number of thiazole rings is 1. The number of carbonyl (C=O) groups excluding carboxylic acids is 2. The number of carbonyl (C=O) groups is 2. The number of hydrogen-bond donors (Lipinski definition) is 1. The van der Waals surface area contributed by atoms with Crippen LogP contribution in [0.3, 0.4) is 0 Å². The summed E-state index contributed by atoms with van der Waals surface area (Å²) < 4.78 is 12.3. The molecule has 1 fully saturated rings. The van der Waals surface area contributed by atoms with E-state index in [1.165, 1.54) is 16.2 Å². The molecule has 8 heteroatoms. The van der Waals surface area contributed by atoms with Crippen molar-refractivity contribution >= 4 is 44.1 Å². The van der Waals surface area contributed by atoms with Crippen LogP contribution in [-0.4, -0.2) is 34.5 Å².